The number of hydrogen-bond donors (Lipinski definition) is 1. The predicted octanol–water partition coefficient (Wildman–Crippen LogP) is 2.70. The number of nitrogens with one attached hydrogen (secondary N) is 1. The zero-order chi connectivity index (χ0) is 17.3. The van der Waals surface area contributed by atoms with E-state index < -0.39 is 16.2 Å². The first-order valence-electron chi connectivity index (χ1n) is 7.47. The van der Waals surface area contributed by atoms with E-state index in [-0.39, 0.29) is 18.6 Å². The topological polar surface area (TPSA) is 81.7 Å². The molecule has 1 N–H and O–H groups in total. The van der Waals surface area contributed by atoms with Gasteiger partial charge in [0.1, 0.15) is 6.61 Å². The lowest BCUT2D eigenvalue weighted by molar-refractivity contribution is 0.137. The van der Waals surface area contributed by atoms with E-state index in [0.29, 0.717) is 19.4 Å². The van der Waals surface area contributed by atoms with E-state index in [9.17, 15) is 13.2 Å². The van der Waals surface area contributed by atoms with Crippen molar-refractivity contribution in [1.29, 1.82) is 0 Å². The van der Waals surface area contributed by atoms with Crippen LogP contribution in [0, 0.1) is 5.41 Å². The number of benzene rings is 1. The minimum Gasteiger partial charge on any atom is -0.445 e. The van der Waals surface area contributed by atoms with Crippen molar-refractivity contribution >= 4 is 16.2 Å². The van der Waals surface area contributed by atoms with Crippen molar-refractivity contribution < 1.29 is 22.1 Å². The summed E-state index contributed by atoms with van der Waals surface area (Å²) < 4.78 is 31.7. The van der Waals surface area contributed by atoms with Crippen molar-refractivity contribution in [2.45, 2.75) is 33.3 Å². The molecule has 130 valence electrons. The molecule has 1 amide bonds. The summed E-state index contributed by atoms with van der Waals surface area (Å²) in [5.41, 5.74) is 0.790. The standard InChI is InChI=1S/C16H25NO5S/c1-16(2,10-12-22-23(3,19)20)9-11-17-15(18)21-13-14-7-5-4-6-8-14/h4-8H,9-13H2,1-3H3,(H,17,18). The zero-order valence-corrected chi connectivity index (χ0v) is 14.7. The van der Waals surface area contributed by atoms with Crippen molar-refractivity contribution in [2.24, 2.45) is 5.41 Å². The summed E-state index contributed by atoms with van der Waals surface area (Å²) in [6, 6.07) is 9.45. The van der Waals surface area contributed by atoms with Gasteiger partial charge in [-0.05, 0) is 23.8 Å². The van der Waals surface area contributed by atoms with E-state index in [1.165, 1.54) is 0 Å². The molecule has 1 rings (SSSR count). The minimum absolute atomic E-state index is 0.141. The van der Waals surface area contributed by atoms with Gasteiger partial charge in [-0.15, -0.1) is 0 Å². The number of carbonyl (C=O) groups excluding carboxylic acids is 1. The molecule has 0 saturated heterocycles. The van der Waals surface area contributed by atoms with Gasteiger partial charge in [-0.1, -0.05) is 44.2 Å². The van der Waals surface area contributed by atoms with E-state index in [2.05, 4.69) is 5.32 Å². The molecule has 0 aliphatic rings. The maximum Gasteiger partial charge on any atom is 0.407 e. The fourth-order valence-electron chi connectivity index (χ4n) is 1.87. The summed E-state index contributed by atoms with van der Waals surface area (Å²) in [7, 11) is -3.40. The van der Waals surface area contributed by atoms with Gasteiger partial charge in [-0.2, -0.15) is 8.42 Å². The number of amides is 1. The lowest BCUT2D eigenvalue weighted by Gasteiger charge is -2.24. The number of rotatable bonds is 9. The largest absolute Gasteiger partial charge is 0.445 e. The fraction of sp³-hybridized carbons (Fsp3) is 0.562. The Balaban J connectivity index is 2.20. The second-order valence-corrected chi connectivity index (χ2v) is 7.82. The van der Waals surface area contributed by atoms with Gasteiger partial charge in [0, 0.05) is 6.54 Å². The number of ether oxygens (including phenoxy) is 1. The number of alkyl carbamates (subject to hydrolysis) is 1. The van der Waals surface area contributed by atoms with E-state index in [1.54, 1.807) is 0 Å². The quantitative estimate of drug-likeness (QED) is 0.697. The van der Waals surface area contributed by atoms with Crippen molar-refractivity contribution in [3.63, 3.8) is 0 Å². The highest BCUT2D eigenvalue weighted by Gasteiger charge is 2.19. The third-order valence-electron chi connectivity index (χ3n) is 3.36. The molecule has 1 aromatic carbocycles. The first-order chi connectivity index (χ1) is 10.7. The fourth-order valence-corrected chi connectivity index (χ4v) is 2.26. The Morgan fingerprint density at radius 1 is 1.17 bits per heavy atom. The average molecular weight is 343 g/mol. The van der Waals surface area contributed by atoms with Gasteiger partial charge in [-0.3, -0.25) is 4.18 Å². The Kier molecular flexibility index (Phi) is 7.51. The molecule has 1 aromatic rings. The Bertz CT molecular complexity index is 584. The van der Waals surface area contributed by atoms with Crippen LogP contribution in [0.1, 0.15) is 32.3 Å². The molecule has 0 aliphatic carbocycles. The molecule has 6 nitrogen and oxygen atoms in total. The molecule has 0 saturated carbocycles. The van der Waals surface area contributed by atoms with Crippen LogP contribution in [0.3, 0.4) is 0 Å². The highest BCUT2D eigenvalue weighted by Crippen LogP contribution is 2.24. The Morgan fingerprint density at radius 3 is 2.43 bits per heavy atom. The zero-order valence-electron chi connectivity index (χ0n) is 13.9. The highest BCUT2D eigenvalue weighted by molar-refractivity contribution is 7.85. The molecule has 0 unspecified atom stereocenters. The number of hydrogen-bond acceptors (Lipinski definition) is 5. The van der Waals surface area contributed by atoms with Gasteiger partial charge in [0.05, 0.1) is 12.9 Å². The molecule has 0 heterocycles. The van der Waals surface area contributed by atoms with Crippen LogP contribution in [-0.2, 0) is 25.6 Å². The predicted molar refractivity (Wildman–Crippen MR) is 88.4 cm³/mol. The molecule has 0 atom stereocenters. The van der Waals surface area contributed by atoms with E-state index in [1.807, 2.05) is 44.2 Å². The molecule has 0 aromatic heterocycles. The second-order valence-electron chi connectivity index (χ2n) is 6.18. The van der Waals surface area contributed by atoms with E-state index in [0.717, 1.165) is 11.8 Å². The maximum absolute atomic E-state index is 11.6. The van der Waals surface area contributed by atoms with Gasteiger partial charge in [0.25, 0.3) is 10.1 Å². The molecule has 7 heteroatoms. The van der Waals surface area contributed by atoms with Gasteiger partial charge >= 0.3 is 6.09 Å². The Labute approximate surface area is 138 Å². The summed E-state index contributed by atoms with van der Waals surface area (Å²) >= 11 is 0. The van der Waals surface area contributed by atoms with Crippen LogP contribution in [0.15, 0.2) is 30.3 Å². The van der Waals surface area contributed by atoms with Crippen LogP contribution in [0.4, 0.5) is 4.79 Å². The van der Waals surface area contributed by atoms with Crippen LogP contribution in [-0.4, -0.2) is 33.9 Å². The van der Waals surface area contributed by atoms with Gasteiger partial charge < -0.3 is 10.1 Å². The van der Waals surface area contributed by atoms with Crippen molar-refractivity contribution in [2.75, 3.05) is 19.4 Å². The molecule has 0 bridgehead atoms. The molecule has 0 aliphatic heterocycles. The lowest BCUT2D eigenvalue weighted by Crippen LogP contribution is -2.29. The smallest absolute Gasteiger partial charge is 0.407 e. The molecular weight excluding hydrogens is 318 g/mol. The van der Waals surface area contributed by atoms with Crippen LogP contribution in [0.25, 0.3) is 0 Å². The summed E-state index contributed by atoms with van der Waals surface area (Å²) in [6.45, 7) is 4.83. The van der Waals surface area contributed by atoms with Crippen molar-refractivity contribution in [3.05, 3.63) is 35.9 Å². The lowest BCUT2D eigenvalue weighted by atomic mass is 9.86. The van der Waals surface area contributed by atoms with Crippen LogP contribution < -0.4 is 5.32 Å². The van der Waals surface area contributed by atoms with Crippen molar-refractivity contribution in [3.8, 4) is 0 Å². The van der Waals surface area contributed by atoms with Gasteiger partial charge in [0.2, 0.25) is 0 Å². The summed E-state index contributed by atoms with van der Waals surface area (Å²) in [5.74, 6) is 0. The second kappa shape index (κ2) is 8.88. The molecule has 0 spiro atoms. The van der Waals surface area contributed by atoms with E-state index in [4.69, 9.17) is 8.92 Å². The minimum atomic E-state index is -3.40. The monoisotopic (exact) mass is 343 g/mol. The summed E-state index contributed by atoms with van der Waals surface area (Å²) in [6.07, 6.45) is 1.85. The average Bonchev–Trinajstić information content (AvgIpc) is 2.44. The summed E-state index contributed by atoms with van der Waals surface area (Å²) in [5, 5.41) is 2.70. The third kappa shape index (κ3) is 9.91. The normalized spacial score (nSPS) is 12.0. The molecule has 0 radical (unpaired) electrons. The Morgan fingerprint density at radius 2 is 1.83 bits per heavy atom. The van der Waals surface area contributed by atoms with Crippen molar-refractivity contribution in [1.82, 2.24) is 5.32 Å². The number of carbonyl (C=O) groups is 1. The van der Waals surface area contributed by atoms with E-state index >= 15 is 0 Å². The molecular formula is C16H25NO5S. The third-order valence-corrected chi connectivity index (χ3v) is 3.95. The van der Waals surface area contributed by atoms with Crippen LogP contribution in [0.2, 0.25) is 0 Å². The Hall–Kier alpha value is -1.60. The summed E-state index contributed by atoms with van der Waals surface area (Å²) in [4.78, 5) is 11.6. The van der Waals surface area contributed by atoms with Crippen LogP contribution in [0.5, 0.6) is 0 Å². The maximum atomic E-state index is 11.6. The van der Waals surface area contributed by atoms with Crippen LogP contribution >= 0.6 is 0 Å². The SMILES string of the molecule is CC(C)(CCNC(=O)OCc1ccccc1)CCOS(C)(=O)=O. The first kappa shape index (κ1) is 19.4. The first-order valence-corrected chi connectivity index (χ1v) is 9.29. The van der Waals surface area contributed by atoms with Gasteiger partial charge in [-0.25, -0.2) is 4.79 Å². The molecule has 0 fully saturated rings. The highest BCUT2D eigenvalue weighted by atomic mass is 32.2. The molecule has 23 heavy (non-hydrogen) atoms. The van der Waals surface area contributed by atoms with Gasteiger partial charge in [0.15, 0.2) is 0 Å².